The number of rotatable bonds is 5. The average Bonchev–Trinajstić information content (AvgIpc) is 2.90. The molecule has 1 aliphatic heterocycles. The zero-order valence-electron chi connectivity index (χ0n) is 13.1. The van der Waals surface area contributed by atoms with Gasteiger partial charge in [0.2, 0.25) is 5.91 Å². The molecule has 1 saturated heterocycles. The molecule has 0 aromatic heterocycles. The van der Waals surface area contributed by atoms with E-state index in [9.17, 15) is 14.4 Å². The Hall–Kier alpha value is -1.89. The molecule has 1 aromatic carbocycles. The number of nitrogens with zero attached hydrogens (tertiary/aromatic N) is 1. The predicted octanol–water partition coefficient (Wildman–Crippen LogP) is 1.98. The minimum Gasteiger partial charge on any atom is -0.465 e. The van der Waals surface area contributed by atoms with Gasteiger partial charge < -0.3 is 15.0 Å². The first-order chi connectivity index (χ1) is 10.9. The van der Waals surface area contributed by atoms with Gasteiger partial charge in [0.1, 0.15) is 0 Å². The number of ether oxygens (including phenoxy) is 1. The molecule has 2 rings (SSSR count). The first kappa shape index (κ1) is 17.5. The summed E-state index contributed by atoms with van der Waals surface area (Å²) in [6.07, 6.45) is 1.45. The second-order valence-electron chi connectivity index (χ2n) is 5.54. The van der Waals surface area contributed by atoms with Crippen LogP contribution in [-0.2, 0) is 9.53 Å². The van der Waals surface area contributed by atoms with Crippen molar-refractivity contribution in [2.75, 3.05) is 20.2 Å². The summed E-state index contributed by atoms with van der Waals surface area (Å²) in [6, 6.07) is 4.54. The molecule has 23 heavy (non-hydrogen) atoms. The van der Waals surface area contributed by atoms with Gasteiger partial charge in [-0.1, -0.05) is 15.9 Å². The number of nitrogens with one attached hydrogen (secondary N) is 1. The largest absolute Gasteiger partial charge is 0.465 e. The van der Waals surface area contributed by atoms with Gasteiger partial charge in [-0.2, -0.15) is 0 Å². The molecular formula is C16H19BrN2O4. The number of carbonyl (C=O) groups is 3. The molecule has 0 spiro atoms. The van der Waals surface area contributed by atoms with Crippen molar-refractivity contribution in [3.05, 3.63) is 33.8 Å². The smallest absolute Gasteiger partial charge is 0.337 e. The van der Waals surface area contributed by atoms with Gasteiger partial charge in [0.25, 0.3) is 5.91 Å². The molecule has 2 amide bonds. The summed E-state index contributed by atoms with van der Waals surface area (Å²) >= 11 is 3.28. The third kappa shape index (κ3) is 4.54. The number of hydrogen-bond acceptors (Lipinski definition) is 4. The Labute approximate surface area is 143 Å². The minimum atomic E-state index is -0.504. The van der Waals surface area contributed by atoms with Crippen molar-refractivity contribution >= 4 is 33.7 Å². The lowest BCUT2D eigenvalue weighted by Crippen LogP contribution is -2.42. The molecule has 1 N–H and O–H groups in total. The fourth-order valence-corrected chi connectivity index (χ4v) is 3.03. The molecule has 1 fully saturated rings. The maximum Gasteiger partial charge on any atom is 0.337 e. The Balaban J connectivity index is 2.03. The van der Waals surface area contributed by atoms with Crippen LogP contribution in [0.4, 0.5) is 0 Å². The first-order valence-electron chi connectivity index (χ1n) is 7.38. The fraction of sp³-hybridized carbons (Fsp3) is 0.438. The van der Waals surface area contributed by atoms with Gasteiger partial charge in [-0.25, -0.2) is 4.79 Å². The summed E-state index contributed by atoms with van der Waals surface area (Å²) in [6.45, 7) is 3.08. The molecule has 7 heteroatoms. The molecule has 0 bridgehead atoms. The lowest BCUT2D eigenvalue weighted by molar-refractivity contribution is -0.127. The second kappa shape index (κ2) is 7.59. The molecule has 1 heterocycles. The summed E-state index contributed by atoms with van der Waals surface area (Å²) in [5.74, 6) is -0.673. The van der Waals surface area contributed by atoms with E-state index in [-0.39, 0.29) is 17.9 Å². The van der Waals surface area contributed by atoms with E-state index in [1.54, 1.807) is 17.0 Å². The van der Waals surface area contributed by atoms with Crippen LogP contribution in [0.25, 0.3) is 0 Å². The highest BCUT2D eigenvalue weighted by Crippen LogP contribution is 2.17. The van der Waals surface area contributed by atoms with Gasteiger partial charge in [0, 0.05) is 35.6 Å². The van der Waals surface area contributed by atoms with Crippen molar-refractivity contribution in [2.45, 2.75) is 25.8 Å². The Morgan fingerprint density at radius 3 is 2.65 bits per heavy atom. The molecule has 0 radical (unpaired) electrons. The van der Waals surface area contributed by atoms with Gasteiger partial charge in [0.05, 0.1) is 12.7 Å². The van der Waals surface area contributed by atoms with E-state index in [0.717, 1.165) is 13.0 Å². The maximum atomic E-state index is 12.3. The normalized spacial score (nSPS) is 15.4. The van der Waals surface area contributed by atoms with E-state index in [1.165, 1.54) is 13.2 Å². The summed E-state index contributed by atoms with van der Waals surface area (Å²) in [7, 11) is 1.29. The van der Waals surface area contributed by atoms with Gasteiger partial charge in [-0.05, 0) is 31.5 Å². The van der Waals surface area contributed by atoms with Crippen molar-refractivity contribution in [2.24, 2.45) is 0 Å². The highest BCUT2D eigenvalue weighted by Gasteiger charge is 2.23. The molecule has 124 valence electrons. The van der Waals surface area contributed by atoms with E-state index >= 15 is 0 Å². The van der Waals surface area contributed by atoms with Crippen molar-refractivity contribution in [1.29, 1.82) is 0 Å². The Morgan fingerprint density at radius 1 is 1.35 bits per heavy atom. The number of likely N-dealkylation sites (tertiary alicyclic amines) is 1. The third-order valence-corrected chi connectivity index (χ3v) is 4.08. The Bertz CT molecular complexity index is 633. The van der Waals surface area contributed by atoms with Crippen molar-refractivity contribution < 1.29 is 19.1 Å². The van der Waals surface area contributed by atoms with E-state index in [0.29, 0.717) is 28.6 Å². The quantitative estimate of drug-likeness (QED) is 0.789. The SMILES string of the molecule is COC(=O)c1cc(Br)cc(C(=O)NC(C)CN2CCCC2=O)c1. The maximum absolute atomic E-state index is 12.3. The minimum absolute atomic E-state index is 0.126. The van der Waals surface area contributed by atoms with Crippen LogP contribution in [0.5, 0.6) is 0 Å². The van der Waals surface area contributed by atoms with Crippen LogP contribution in [0.1, 0.15) is 40.5 Å². The van der Waals surface area contributed by atoms with Crippen LogP contribution in [-0.4, -0.2) is 48.9 Å². The van der Waals surface area contributed by atoms with Crippen LogP contribution >= 0.6 is 15.9 Å². The van der Waals surface area contributed by atoms with Crippen LogP contribution in [0.15, 0.2) is 22.7 Å². The lowest BCUT2D eigenvalue weighted by Gasteiger charge is -2.21. The monoisotopic (exact) mass is 382 g/mol. The van der Waals surface area contributed by atoms with Gasteiger partial charge >= 0.3 is 5.97 Å². The van der Waals surface area contributed by atoms with E-state index < -0.39 is 5.97 Å². The Morgan fingerprint density at radius 2 is 2.04 bits per heavy atom. The number of esters is 1. The van der Waals surface area contributed by atoms with E-state index in [4.69, 9.17) is 0 Å². The molecule has 0 saturated carbocycles. The summed E-state index contributed by atoms with van der Waals surface area (Å²) in [4.78, 5) is 37.3. The molecule has 6 nitrogen and oxygen atoms in total. The van der Waals surface area contributed by atoms with E-state index in [2.05, 4.69) is 26.0 Å². The predicted molar refractivity (Wildman–Crippen MR) is 88.2 cm³/mol. The van der Waals surface area contributed by atoms with Crippen LogP contribution in [0.2, 0.25) is 0 Å². The van der Waals surface area contributed by atoms with Gasteiger partial charge in [-0.3, -0.25) is 9.59 Å². The summed E-state index contributed by atoms with van der Waals surface area (Å²) < 4.78 is 5.29. The van der Waals surface area contributed by atoms with Gasteiger partial charge in [0.15, 0.2) is 0 Å². The number of halogens is 1. The Kier molecular flexibility index (Phi) is 5.76. The molecule has 0 aliphatic carbocycles. The number of hydrogen-bond donors (Lipinski definition) is 1. The second-order valence-corrected chi connectivity index (χ2v) is 6.45. The van der Waals surface area contributed by atoms with Crippen molar-refractivity contribution in [3.63, 3.8) is 0 Å². The third-order valence-electron chi connectivity index (χ3n) is 3.62. The van der Waals surface area contributed by atoms with Crippen molar-refractivity contribution in [1.82, 2.24) is 10.2 Å². The fourth-order valence-electron chi connectivity index (χ4n) is 2.54. The topological polar surface area (TPSA) is 75.7 Å². The molecule has 1 unspecified atom stereocenters. The number of amides is 2. The van der Waals surface area contributed by atoms with Crippen LogP contribution in [0, 0.1) is 0 Å². The average molecular weight is 383 g/mol. The summed E-state index contributed by atoms with van der Waals surface area (Å²) in [5, 5.41) is 2.85. The molecular weight excluding hydrogens is 364 g/mol. The highest BCUT2D eigenvalue weighted by atomic mass is 79.9. The van der Waals surface area contributed by atoms with E-state index in [1.807, 2.05) is 6.92 Å². The first-order valence-corrected chi connectivity index (χ1v) is 8.17. The lowest BCUT2D eigenvalue weighted by atomic mass is 10.1. The standard InChI is InChI=1S/C16H19BrN2O4/c1-10(9-19-5-3-4-14(19)20)18-15(21)11-6-12(16(22)23-2)8-13(17)7-11/h6-8,10H,3-5,9H2,1-2H3,(H,18,21). The van der Waals surface area contributed by atoms with Crippen LogP contribution in [0.3, 0.4) is 0 Å². The summed E-state index contributed by atoms with van der Waals surface area (Å²) in [5.41, 5.74) is 0.661. The number of methoxy groups -OCH3 is 1. The molecule has 1 aromatic rings. The zero-order chi connectivity index (χ0) is 17.0. The molecule has 1 aliphatic rings. The number of carbonyl (C=O) groups excluding carboxylic acids is 3. The van der Waals surface area contributed by atoms with Crippen LogP contribution < -0.4 is 5.32 Å². The number of benzene rings is 1. The van der Waals surface area contributed by atoms with Gasteiger partial charge in [-0.15, -0.1) is 0 Å². The van der Waals surface area contributed by atoms with Crippen molar-refractivity contribution in [3.8, 4) is 0 Å². The zero-order valence-corrected chi connectivity index (χ0v) is 14.7. The molecule has 1 atom stereocenters. The highest BCUT2D eigenvalue weighted by molar-refractivity contribution is 9.10.